The highest BCUT2D eigenvalue weighted by Gasteiger charge is 2.14. The number of nitrogens with zero attached hydrogens (tertiary/aromatic N) is 2. The maximum atomic E-state index is 5.26. The second-order valence-electron chi connectivity index (χ2n) is 4.89. The van der Waals surface area contributed by atoms with Crippen molar-refractivity contribution in [2.24, 2.45) is 0 Å². The third-order valence-corrected chi connectivity index (χ3v) is 4.40. The largest absolute Gasteiger partial charge is 0.497 e. The predicted molar refractivity (Wildman–Crippen MR) is 83.0 cm³/mol. The van der Waals surface area contributed by atoms with Gasteiger partial charge in [-0.05, 0) is 17.7 Å². The van der Waals surface area contributed by atoms with Crippen LogP contribution in [0.3, 0.4) is 0 Å². The average molecular weight is 289 g/mol. The first-order valence-electron chi connectivity index (χ1n) is 6.88. The van der Waals surface area contributed by atoms with Gasteiger partial charge in [-0.25, -0.2) is 4.98 Å². The van der Waals surface area contributed by atoms with Crippen LogP contribution in [-0.2, 0) is 6.42 Å². The molecule has 0 radical (unpaired) electrons. The number of rotatable bonds is 4. The lowest BCUT2D eigenvalue weighted by atomic mass is 10.1. The van der Waals surface area contributed by atoms with Crippen molar-refractivity contribution in [1.29, 1.82) is 0 Å². The normalized spacial score (nSPS) is 15.3. The van der Waals surface area contributed by atoms with E-state index in [1.165, 1.54) is 5.56 Å². The van der Waals surface area contributed by atoms with Crippen LogP contribution in [0.15, 0.2) is 29.6 Å². The van der Waals surface area contributed by atoms with Crippen molar-refractivity contribution in [2.75, 3.05) is 38.2 Å². The minimum Gasteiger partial charge on any atom is -0.497 e. The first-order chi connectivity index (χ1) is 9.85. The molecule has 5 heteroatoms. The van der Waals surface area contributed by atoms with E-state index in [-0.39, 0.29) is 0 Å². The van der Waals surface area contributed by atoms with Gasteiger partial charge in [-0.2, -0.15) is 0 Å². The van der Waals surface area contributed by atoms with Gasteiger partial charge in [0.1, 0.15) is 5.75 Å². The molecule has 4 nitrogen and oxygen atoms in total. The Morgan fingerprint density at radius 2 is 2.20 bits per heavy atom. The van der Waals surface area contributed by atoms with E-state index in [0.29, 0.717) is 0 Å². The van der Waals surface area contributed by atoms with Crippen molar-refractivity contribution >= 4 is 16.5 Å². The molecule has 1 aliphatic heterocycles. The Hall–Kier alpha value is -1.59. The zero-order valence-electron chi connectivity index (χ0n) is 11.6. The van der Waals surface area contributed by atoms with Gasteiger partial charge >= 0.3 is 0 Å². The Labute approximate surface area is 123 Å². The summed E-state index contributed by atoms with van der Waals surface area (Å²) >= 11 is 1.74. The van der Waals surface area contributed by atoms with Gasteiger partial charge < -0.3 is 15.0 Å². The Balaban J connectivity index is 1.70. The van der Waals surface area contributed by atoms with Gasteiger partial charge in [0.05, 0.1) is 12.8 Å². The first-order valence-corrected chi connectivity index (χ1v) is 7.76. The fourth-order valence-electron chi connectivity index (χ4n) is 2.37. The molecule has 2 heterocycles. The van der Waals surface area contributed by atoms with Crippen LogP contribution in [0.5, 0.6) is 5.75 Å². The number of nitrogens with one attached hydrogen (secondary N) is 1. The Morgan fingerprint density at radius 1 is 1.35 bits per heavy atom. The highest BCUT2D eigenvalue weighted by Crippen LogP contribution is 2.23. The van der Waals surface area contributed by atoms with Gasteiger partial charge in [-0.1, -0.05) is 12.1 Å². The van der Waals surface area contributed by atoms with Gasteiger partial charge in [0.2, 0.25) is 0 Å². The monoisotopic (exact) mass is 289 g/mol. The van der Waals surface area contributed by atoms with Crippen molar-refractivity contribution in [3.63, 3.8) is 0 Å². The fourth-order valence-corrected chi connectivity index (χ4v) is 3.25. The van der Waals surface area contributed by atoms with Crippen LogP contribution in [0.1, 0.15) is 11.3 Å². The lowest BCUT2D eigenvalue weighted by Crippen LogP contribution is -2.43. The highest BCUT2D eigenvalue weighted by molar-refractivity contribution is 7.13. The number of hydrogen-bond donors (Lipinski definition) is 1. The molecule has 0 saturated carbocycles. The number of piperazine rings is 1. The molecule has 2 aromatic rings. The maximum absolute atomic E-state index is 5.26. The summed E-state index contributed by atoms with van der Waals surface area (Å²) in [5.74, 6) is 0.903. The summed E-state index contributed by atoms with van der Waals surface area (Å²) in [7, 11) is 1.70. The molecule has 1 N–H and O–H groups in total. The topological polar surface area (TPSA) is 37.4 Å². The van der Waals surface area contributed by atoms with Crippen LogP contribution >= 0.6 is 11.3 Å². The summed E-state index contributed by atoms with van der Waals surface area (Å²) in [5.41, 5.74) is 2.37. The summed E-state index contributed by atoms with van der Waals surface area (Å²) in [4.78, 5) is 7.12. The van der Waals surface area contributed by atoms with E-state index >= 15 is 0 Å². The minimum absolute atomic E-state index is 0.861. The number of benzene rings is 1. The van der Waals surface area contributed by atoms with Crippen molar-refractivity contribution in [2.45, 2.75) is 6.42 Å². The zero-order chi connectivity index (χ0) is 13.8. The third kappa shape index (κ3) is 3.11. The summed E-state index contributed by atoms with van der Waals surface area (Å²) < 4.78 is 5.26. The molecular weight excluding hydrogens is 270 g/mol. The summed E-state index contributed by atoms with van der Waals surface area (Å²) in [6.07, 6.45) is 0.861. The lowest BCUT2D eigenvalue weighted by molar-refractivity contribution is 0.414. The molecule has 0 unspecified atom stereocenters. The molecule has 1 saturated heterocycles. The van der Waals surface area contributed by atoms with Crippen molar-refractivity contribution < 1.29 is 4.74 Å². The molecule has 20 heavy (non-hydrogen) atoms. The highest BCUT2D eigenvalue weighted by atomic mass is 32.1. The Bertz CT molecular complexity index is 564. The van der Waals surface area contributed by atoms with Crippen LogP contribution in [0.2, 0.25) is 0 Å². The predicted octanol–water partition coefficient (Wildman–Crippen LogP) is 2.15. The van der Waals surface area contributed by atoms with E-state index in [0.717, 1.165) is 49.2 Å². The Morgan fingerprint density at radius 3 is 3.00 bits per heavy atom. The van der Waals surface area contributed by atoms with Gasteiger partial charge in [-0.3, -0.25) is 0 Å². The van der Waals surface area contributed by atoms with E-state index in [1.807, 2.05) is 12.1 Å². The maximum Gasteiger partial charge on any atom is 0.185 e. The van der Waals surface area contributed by atoms with Crippen molar-refractivity contribution in [3.8, 4) is 5.75 Å². The minimum atomic E-state index is 0.861. The number of hydrogen-bond acceptors (Lipinski definition) is 5. The van der Waals surface area contributed by atoms with E-state index in [1.54, 1.807) is 18.4 Å². The molecule has 0 amide bonds. The quantitative estimate of drug-likeness (QED) is 0.936. The van der Waals surface area contributed by atoms with E-state index in [4.69, 9.17) is 9.72 Å². The first kappa shape index (κ1) is 13.4. The summed E-state index contributed by atoms with van der Waals surface area (Å²) in [5, 5.41) is 6.67. The van der Waals surface area contributed by atoms with Crippen LogP contribution in [-0.4, -0.2) is 38.3 Å². The molecule has 0 atom stereocenters. The molecule has 0 spiro atoms. The molecule has 1 aliphatic rings. The second-order valence-corrected chi connectivity index (χ2v) is 5.72. The molecule has 1 fully saturated rings. The van der Waals surface area contributed by atoms with Crippen LogP contribution in [0.4, 0.5) is 5.13 Å². The molecule has 0 bridgehead atoms. The van der Waals surface area contributed by atoms with Crippen LogP contribution in [0.25, 0.3) is 0 Å². The van der Waals surface area contributed by atoms with Gasteiger partial charge in [0.15, 0.2) is 5.13 Å². The number of methoxy groups -OCH3 is 1. The SMILES string of the molecule is COc1cccc(Cc2csc(N3CCNCC3)n2)c1. The third-order valence-electron chi connectivity index (χ3n) is 3.45. The van der Waals surface area contributed by atoms with Gasteiger partial charge in [-0.15, -0.1) is 11.3 Å². The number of anilines is 1. The molecule has 106 valence electrons. The average Bonchev–Trinajstić information content (AvgIpc) is 2.97. The summed E-state index contributed by atoms with van der Waals surface area (Å²) in [6.45, 7) is 4.19. The molecule has 0 aliphatic carbocycles. The van der Waals surface area contributed by atoms with Gasteiger partial charge in [0, 0.05) is 38.0 Å². The molecule has 1 aromatic heterocycles. The fraction of sp³-hybridized carbons (Fsp3) is 0.400. The summed E-state index contributed by atoms with van der Waals surface area (Å²) in [6, 6.07) is 8.19. The number of aromatic nitrogens is 1. The zero-order valence-corrected chi connectivity index (χ0v) is 12.4. The van der Waals surface area contributed by atoms with Gasteiger partial charge in [0.25, 0.3) is 0 Å². The van der Waals surface area contributed by atoms with E-state index in [9.17, 15) is 0 Å². The van der Waals surface area contributed by atoms with Crippen LogP contribution in [0, 0.1) is 0 Å². The number of thiazole rings is 1. The van der Waals surface area contributed by atoms with E-state index in [2.05, 4.69) is 27.7 Å². The van der Waals surface area contributed by atoms with Crippen molar-refractivity contribution in [1.82, 2.24) is 10.3 Å². The number of ether oxygens (including phenoxy) is 1. The van der Waals surface area contributed by atoms with E-state index < -0.39 is 0 Å². The molecule has 3 rings (SSSR count). The molecular formula is C15H19N3OS. The lowest BCUT2D eigenvalue weighted by Gasteiger charge is -2.26. The van der Waals surface area contributed by atoms with Crippen LogP contribution < -0.4 is 15.0 Å². The second kappa shape index (κ2) is 6.24. The molecule has 1 aromatic carbocycles. The smallest absolute Gasteiger partial charge is 0.185 e. The van der Waals surface area contributed by atoms with Crippen molar-refractivity contribution in [3.05, 3.63) is 40.9 Å². The standard InChI is InChI=1S/C15H19N3OS/c1-19-14-4-2-3-12(10-14)9-13-11-20-15(17-13)18-7-5-16-6-8-18/h2-4,10-11,16H,5-9H2,1H3. The Kier molecular flexibility index (Phi) is 4.18.